The molecule has 0 aliphatic carbocycles. The van der Waals surface area contributed by atoms with Crippen LogP contribution < -0.4 is 5.32 Å². The Balaban J connectivity index is 2.27. The van der Waals surface area contributed by atoms with Crippen LogP contribution in [0.1, 0.15) is 16.2 Å². The molecule has 1 amide bonds. The maximum Gasteiger partial charge on any atom is 0.270 e. The Morgan fingerprint density at radius 2 is 2.26 bits per heavy atom. The highest BCUT2D eigenvalue weighted by Crippen LogP contribution is 2.19. The highest BCUT2D eigenvalue weighted by molar-refractivity contribution is 7.09. The number of nitro groups is 1. The Morgan fingerprint density at radius 1 is 1.53 bits per heavy atom. The predicted molar refractivity (Wildman–Crippen MR) is 65.7 cm³/mol. The summed E-state index contributed by atoms with van der Waals surface area (Å²) in [5.41, 5.74) is -0.776. The molecule has 0 spiro atoms. The van der Waals surface area contributed by atoms with E-state index in [4.69, 9.17) is 0 Å². The van der Waals surface area contributed by atoms with Crippen molar-refractivity contribution in [2.75, 3.05) is 5.32 Å². The van der Waals surface area contributed by atoms with E-state index in [1.54, 1.807) is 6.92 Å². The molecule has 9 heteroatoms. The van der Waals surface area contributed by atoms with Gasteiger partial charge in [-0.15, -0.1) is 0 Å². The largest absolute Gasteiger partial charge is 0.296 e. The third kappa shape index (κ3) is 2.88. The number of rotatable bonds is 3. The average molecular weight is 282 g/mol. The van der Waals surface area contributed by atoms with Crippen molar-refractivity contribution >= 4 is 28.3 Å². The van der Waals surface area contributed by atoms with Crippen LogP contribution in [0, 0.1) is 22.9 Å². The number of carbonyl (C=O) groups is 1. The molecule has 0 aliphatic heterocycles. The molecule has 0 bridgehead atoms. The molecular formula is C10H7FN4O3S. The maximum absolute atomic E-state index is 13.5. The molecule has 1 aromatic heterocycles. The Hall–Kier alpha value is -2.42. The fraction of sp³-hybridized carbons (Fsp3) is 0.100. The molecule has 2 aromatic rings. The molecule has 98 valence electrons. The van der Waals surface area contributed by atoms with Gasteiger partial charge in [-0.1, -0.05) is 0 Å². The van der Waals surface area contributed by atoms with Gasteiger partial charge in [0.2, 0.25) is 5.13 Å². The van der Waals surface area contributed by atoms with E-state index in [2.05, 4.69) is 14.7 Å². The first-order valence-electron chi connectivity index (χ1n) is 5.03. The number of carbonyl (C=O) groups excluding carboxylic acids is 1. The van der Waals surface area contributed by atoms with E-state index in [0.717, 1.165) is 29.7 Å². The van der Waals surface area contributed by atoms with Crippen LogP contribution in [0.4, 0.5) is 15.2 Å². The van der Waals surface area contributed by atoms with Crippen LogP contribution in [0.25, 0.3) is 0 Å². The zero-order valence-electron chi connectivity index (χ0n) is 9.58. The molecule has 0 radical (unpaired) electrons. The summed E-state index contributed by atoms with van der Waals surface area (Å²) in [4.78, 5) is 25.5. The number of nitrogens with zero attached hydrogens (tertiary/aromatic N) is 3. The Labute approximate surface area is 110 Å². The lowest BCUT2D eigenvalue weighted by Crippen LogP contribution is -2.14. The molecule has 0 unspecified atom stereocenters. The van der Waals surface area contributed by atoms with Gasteiger partial charge in [0.15, 0.2) is 0 Å². The molecule has 2 rings (SSSR count). The van der Waals surface area contributed by atoms with Gasteiger partial charge in [0.1, 0.15) is 11.6 Å². The minimum Gasteiger partial charge on any atom is -0.296 e. The van der Waals surface area contributed by atoms with Crippen LogP contribution in [0.15, 0.2) is 18.2 Å². The van der Waals surface area contributed by atoms with E-state index < -0.39 is 22.2 Å². The number of aryl methyl sites for hydroxylation is 1. The zero-order valence-corrected chi connectivity index (χ0v) is 10.4. The van der Waals surface area contributed by atoms with Gasteiger partial charge < -0.3 is 0 Å². The van der Waals surface area contributed by atoms with E-state index in [0.29, 0.717) is 5.82 Å². The summed E-state index contributed by atoms with van der Waals surface area (Å²) in [5, 5.41) is 13.1. The highest BCUT2D eigenvalue weighted by atomic mass is 32.1. The van der Waals surface area contributed by atoms with Crippen LogP contribution in [-0.4, -0.2) is 20.2 Å². The van der Waals surface area contributed by atoms with Crippen molar-refractivity contribution in [1.82, 2.24) is 9.36 Å². The first-order chi connectivity index (χ1) is 8.97. The number of hydrogen-bond acceptors (Lipinski definition) is 6. The van der Waals surface area contributed by atoms with Gasteiger partial charge in [-0.2, -0.15) is 4.37 Å². The Kier molecular flexibility index (Phi) is 3.47. The van der Waals surface area contributed by atoms with Crippen LogP contribution >= 0.6 is 11.5 Å². The molecule has 0 fully saturated rings. The monoisotopic (exact) mass is 282 g/mol. The first-order valence-corrected chi connectivity index (χ1v) is 5.80. The zero-order chi connectivity index (χ0) is 14.0. The number of benzene rings is 1. The summed E-state index contributed by atoms with van der Waals surface area (Å²) in [6, 6.07) is 2.73. The van der Waals surface area contributed by atoms with Crippen molar-refractivity contribution in [3.8, 4) is 0 Å². The van der Waals surface area contributed by atoms with Gasteiger partial charge in [-0.25, -0.2) is 9.37 Å². The second-order valence-electron chi connectivity index (χ2n) is 3.52. The molecule has 0 aliphatic rings. The van der Waals surface area contributed by atoms with Gasteiger partial charge in [-0.05, 0) is 13.0 Å². The van der Waals surface area contributed by atoms with Crippen LogP contribution in [0.3, 0.4) is 0 Å². The summed E-state index contributed by atoms with van der Waals surface area (Å²) in [5.74, 6) is -1.18. The summed E-state index contributed by atoms with van der Waals surface area (Å²) in [7, 11) is 0. The molecule has 1 aromatic carbocycles. The van der Waals surface area contributed by atoms with E-state index >= 15 is 0 Å². The average Bonchev–Trinajstić information content (AvgIpc) is 2.74. The molecule has 1 heterocycles. The number of nitro benzene ring substituents is 1. The number of anilines is 1. The van der Waals surface area contributed by atoms with Crippen molar-refractivity contribution < 1.29 is 14.1 Å². The summed E-state index contributed by atoms with van der Waals surface area (Å²) in [6.07, 6.45) is 0. The van der Waals surface area contributed by atoms with Gasteiger partial charge in [0.25, 0.3) is 11.6 Å². The van der Waals surface area contributed by atoms with Crippen LogP contribution in [0.5, 0.6) is 0 Å². The predicted octanol–water partition coefficient (Wildman–Crippen LogP) is 2.15. The second kappa shape index (κ2) is 5.06. The van der Waals surface area contributed by atoms with Gasteiger partial charge in [0.05, 0.1) is 10.5 Å². The Morgan fingerprint density at radius 3 is 2.84 bits per heavy atom. The lowest BCUT2D eigenvalue weighted by Gasteiger charge is -2.02. The molecule has 0 saturated heterocycles. The van der Waals surface area contributed by atoms with E-state index in [1.807, 2.05) is 0 Å². The molecule has 0 atom stereocenters. The minimum atomic E-state index is -0.843. The van der Waals surface area contributed by atoms with Crippen molar-refractivity contribution in [3.05, 3.63) is 45.5 Å². The van der Waals surface area contributed by atoms with Gasteiger partial charge >= 0.3 is 0 Å². The van der Waals surface area contributed by atoms with Crippen molar-refractivity contribution in [1.29, 1.82) is 0 Å². The fourth-order valence-electron chi connectivity index (χ4n) is 1.31. The van der Waals surface area contributed by atoms with Crippen LogP contribution in [0.2, 0.25) is 0 Å². The molecule has 7 nitrogen and oxygen atoms in total. The molecule has 1 N–H and O–H groups in total. The van der Waals surface area contributed by atoms with E-state index in [1.165, 1.54) is 0 Å². The lowest BCUT2D eigenvalue weighted by molar-refractivity contribution is -0.384. The van der Waals surface area contributed by atoms with E-state index in [9.17, 15) is 19.3 Å². The number of halogens is 1. The van der Waals surface area contributed by atoms with Gasteiger partial charge in [-0.3, -0.25) is 20.2 Å². The quantitative estimate of drug-likeness (QED) is 0.687. The minimum absolute atomic E-state index is 0.202. The number of hydrogen-bond donors (Lipinski definition) is 1. The summed E-state index contributed by atoms with van der Waals surface area (Å²) in [6.45, 7) is 1.64. The second-order valence-corrected chi connectivity index (χ2v) is 4.27. The smallest absolute Gasteiger partial charge is 0.270 e. The van der Waals surface area contributed by atoms with Crippen molar-refractivity contribution in [3.63, 3.8) is 0 Å². The van der Waals surface area contributed by atoms with Crippen LogP contribution in [-0.2, 0) is 0 Å². The Bertz CT molecular complexity index is 658. The highest BCUT2D eigenvalue weighted by Gasteiger charge is 2.18. The SMILES string of the molecule is Cc1nsc(NC(=O)c2cc([N+](=O)[O-])ccc2F)n1. The summed E-state index contributed by atoms with van der Waals surface area (Å²) < 4.78 is 17.3. The molecule has 0 saturated carbocycles. The number of aromatic nitrogens is 2. The molecular weight excluding hydrogens is 275 g/mol. The number of non-ortho nitro benzene ring substituents is 1. The third-order valence-corrected chi connectivity index (χ3v) is 2.88. The third-order valence-electron chi connectivity index (χ3n) is 2.15. The topological polar surface area (TPSA) is 98.0 Å². The molecule has 19 heavy (non-hydrogen) atoms. The first kappa shape index (κ1) is 13.0. The fourth-order valence-corrected chi connectivity index (χ4v) is 1.88. The van der Waals surface area contributed by atoms with Crippen molar-refractivity contribution in [2.24, 2.45) is 0 Å². The standard InChI is InChI=1S/C10H7FN4O3S/c1-5-12-10(19-14-5)13-9(16)7-4-6(15(17)18)2-3-8(7)11/h2-4H,1H3,(H,12,13,14,16). The normalized spacial score (nSPS) is 10.2. The number of amides is 1. The van der Waals surface area contributed by atoms with Crippen molar-refractivity contribution in [2.45, 2.75) is 6.92 Å². The van der Waals surface area contributed by atoms with E-state index in [-0.39, 0.29) is 10.8 Å². The lowest BCUT2D eigenvalue weighted by atomic mass is 10.2. The number of nitrogens with one attached hydrogen (secondary N) is 1. The maximum atomic E-state index is 13.5. The van der Waals surface area contributed by atoms with Gasteiger partial charge in [0, 0.05) is 23.7 Å². The summed E-state index contributed by atoms with van der Waals surface area (Å²) >= 11 is 0.940.